The molecule has 0 bridgehead atoms. The Labute approximate surface area is 131 Å². The number of halogens is 1. The maximum Gasteiger partial charge on any atom is 0.123 e. The van der Waals surface area contributed by atoms with Crippen LogP contribution in [0.1, 0.15) is 47.0 Å². The standard InChI is InChI=1S/C19H21ClO/c1-12-6-5-7-16(13(12)2)18(20)14-8-9-17-15(10-14)11-19(3,4)21-17/h5-10,18H,11H2,1-4H3. The van der Waals surface area contributed by atoms with Gasteiger partial charge < -0.3 is 4.74 Å². The van der Waals surface area contributed by atoms with Crippen molar-refractivity contribution >= 4 is 11.6 Å². The van der Waals surface area contributed by atoms with Gasteiger partial charge in [0.15, 0.2) is 0 Å². The largest absolute Gasteiger partial charge is 0.487 e. The highest BCUT2D eigenvalue weighted by atomic mass is 35.5. The average molecular weight is 301 g/mol. The van der Waals surface area contributed by atoms with Crippen LogP contribution in [0.3, 0.4) is 0 Å². The average Bonchev–Trinajstić information content (AvgIpc) is 2.73. The summed E-state index contributed by atoms with van der Waals surface area (Å²) in [6.07, 6.45) is 0.937. The van der Waals surface area contributed by atoms with Crippen LogP contribution in [0.2, 0.25) is 0 Å². The summed E-state index contributed by atoms with van der Waals surface area (Å²) in [5.74, 6) is 0.994. The third-order valence-corrected chi connectivity index (χ3v) is 4.79. The van der Waals surface area contributed by atoms with Crippen molar-refractivity contribution in [3.63, 3.8) is 0 Å². The molecule has 0 fully saturated rings. The van der Waals surface area contributed by atoms with E-state index in [4.69, 9.17) is 16.3 Å². The van der Waals surface area contributed by atoms with E-state index in [1.807, 2.05) is 0 Å². The number of benzene rings is 2. The molecule has 1 heterocycles. The first-order valence-corrected chi connectivity index (χ1v) is 7.83. The first-order chi connectivity index (χ1) is 9.87. The second-order valence-electron chi connectivity index (χ2n) is 6.56. The predicted octanol–water partition coefficient (Wildman–Crippen LogP) is 5.35. The number of hydrogen-bond acceptors (Lipinski definition) is 1. The van der Waals surface area contributed by atoms with E-state index >= 15 is 0 Å². The van der Waals surface area contributed by atoms with Crippen molar-refractivity contribution in [1.82, 2.24) is 0 Å². The minimum absolute atomic E-state index is 0.109. The Bertz CT molecular complexity index is 688. The third-order valence-electron chi connectivity index (χ3n) is 4.30. The van der Waals surface area contributed by atoms with Crippen LogP contribution in [0.15, 0.2) is 36.4 Å². The van der Waals surface area contributed by atoms with E-state index in [1.165, 1.54) is 22.3 Å². The topological polar surface area (TPSA) is 9.23 Å². The van der Waals surface area contributed by atoms with E-state index in [-0.39, 0.29) is 11.0 Å². The lowest BCUT2D eigenvalue weighted by molar-refractivity contribution is 0.138. The minimum atomic E-state index is -0.112. The number of aryl methyl sites for hydroxylation is 1. The quantitative estimate of drug-likeness (QED) is 0.680. The lowest BCUT2D eigenvalue weighted by atomic mass is 9.94. The zero-order chi connectivity index (χ0) is 15.2. The molecular weight excluding hydrogens is 280 g/mol. The zero-order valence-corrected chi connectivity index (χ0v) is 13.8. The van der Waals surface area contributed by atoms with Crippen molar-refractivity contribution in [3.8, 4) is 5.75 Å². The van der Waals surface area contributed by atoms with Crippen molar-refractivity contribution in [2.45, 2.75) is 45.1 Å². The Morgan fingerprint density at radius 3 is 2.67 bits per heavy atom. The van der Waals surface area contributed by atoms with Crippen molar-refractivity contribution in [2.24, 2.45) is 0 Å². The Hall–Kier alpha value is -1.47. The van der Waals surface area contributed by atoms with Gasteiger partial charge in [-0.2, -0.15) is 0 Å². The summed E-state index contributed by atoms with van der Waals surface area (Å²) >= 11 is 6.74. The molecule has 0 spiro atoms. The number of rotatable bonds is 2. The summed E-state index contributed by atoms with van der Waals surface area (Å²) in [4.78, 5) is 0. The van der Waals surface area contributed by atoms with Gasteiger partial charge in [-0.3, -0.25) is 0 Å². The van der Waals surface area contributed by atoms with Gasteiger partial charge in [0, 0.05) is 6.42 Å². The number of hydrogen-bond donors (Lipinski definition) is 0. The van der Waals surface area contributed by atoms with E-state index in [1.54, 1.807) is 0 Å². The monoisotopic (exact) mass is 300 g/mol. The Balaban J connectivity index is 1.97. The molecule has 0 saturated carbocycles. The molecule has 1 aliphatic heterocycles. The van der Waals surface area contributed by atoms with Gasteiger partial charge in [0.1, 0.15) is 11.4 Å². The van der Waals surface area contributed by atoms with E-state index in [9.17, 15) is 0 Å². The summed E-state index contributed by atoms with van der Waals surface area (Å²) in [5, 5.41) is -0.112. The van der Waals surface area contributed by atoms with Crippen LogP contribution in [0.5, 0.6) is 5.75 Å². The number of fused-ring (bicyclic) bond motifs is 1. The molecule has 1 nitrogen and oxygen atoms in total. The predicted molar refractivity (Wildman–Crippen MR) is 88.5 cm³/mol. The Morgan fingerprint density at radius 2 is 1.90 bits per heavy atom. The summed E-state index contributed by atoms with van der Waals surface area (Å²) in [5.41, 5.74) is 6.04. The molecule has 0 aromatic heterocycles. The van der Waals surface area contributed by atoms with Crippen LogP contribution in [0, 0.1) is 13.8 Å². The summed E-state index contributed by atoms with van der Waals surface area (Å²) in [6.45, 7) is 8.51. The lowest BCUT2D eigenvalue weighted by Gasteiger charge is -2.16. The van der Waals surface area contributed by atoms with Gasteiger partial charge in [0.25, 0.3) is 0 Å². The highest BCUT2D eigenvalue weighted by Crippen LogP contribution is 2.39. The zero-order valence-electron chi connectivity index (χ0n) is 13.0. The minimum Gasteiger partial charge on any atom is -0.487 e. The molecule has 1 unspecified atom stereocenters. The Kier molecular flexibility index (Phi) is 3.49. The second kappa shape index (κ2) is 5.06. The van der Waals surface area contributed by atoms with Crippen molar-refractivity contribution < 1.29 is 4.74 Å². The fourth-order valence-corrected chi connectivity index (χ4v) is 3.39. The molecule has 0 radical (unpaired) electrons. The van der Waals surface area contributed by atoms with E-state index in [2.05, 4.69) is 64.1 Å². The lowest BCUT2D eigenvalue weighted by Crippen LogP contribution is -2.24. The molecule has 2 heteroatoms. The first kappa shape index (κ1) is 14.5. The maximum atomic E-state index is 6.74. The van der Waals surface area contributed by atoms with Crippen molar-refractivity contribution in [3.05, 3.63) is 64.2 Å². The van der Waals surface area contributed by atoms with Gasteiger partial charge >= 0.3 is 0 Å². The fourth-order valence-electron chi connectivity index (χ4n) is 3.02. The molecule has 3 rings (SSSR count). The van der Waals surface area contributed by atoms with E-state index in [0.29, 0.717) is 0 Å². The molecule has 2 aromatic rings. The van der Waals surface area contributed by atoms with Gasteiger partial charge in [-0.25, -0.2) is 0 Å². The normalized spacial score (nSPS) is 17.2. The van der Waals surface area contributed by atoms with E-state index in [0.717, 1.165) is 17.7 Å². The van der Waals surface area contributed by atoms with Crippen LogP contribution in [-0.2, 0) is 6.42 Å². The van der Waals surface area contributed by atoms with E-state index < -0.39 is 0 Å². The van der Waals surface area contributed by atoms with Crippen LogP contribution in [0.25, 0.3) is 0 Å². The van der Waals surface area contributed by atoms with Crippen molar-refractivity contribution in [1.29, 1.82) is 0 Å². The molecule has 1 atom stereocenters. The summed E-state index contributed by atoms with van der Waals surface area (Å²) < 4.78 is 5.93. The van der Waals surface area contributed by atoms with Gasteiger partial charge in [-0.15, -0.1) is 11.6 Å². The highest BCUT2D eigenvalue weighted by molar-refractivity contribution is 6.22. The second-order valence-corrected chi connectivity index (χ2v) is 6.99. The summed E-state index contributed by atoms with van der Waals surface area (Å²) in [6, 6.07) is 12.7. The van der Waals surface area contributed by atoms with Gasteiger partial charge in [-0.05, 0) is 61.6 Å². The Morgan fingerprint density at radius 1 is 1.14 bits per heavy atom. The van der Waals surface area contributed by atoms with Crippen LogP contribution in [0.4, 0.5) is 0 Å². The summed E-state index contributed by atoms with van der Waals surface area (Å²) in [7, 11) is 0. The molecule has 21 heavy (non-hydrogen) atoms. The van der Waals surface area contributed by atoms with Crippen LogP contribution in [-0.4, -0.2) is 5.60 Å². The molecule has 1 aliphatic rings. The van der Waals surface area contributed by atoms with Gasteiger partial charge in [0.2, 0.25) is 0 Å². The molecule has 0 N–H and O–H groups in total. The first-order valence-electron chi connectivity index (χ1n) is 7.39. The van der Waals surface area contributed by atoms with Crippen LogP contribution >= 0.6 is 11.6 Å². The highest BCUT2D eigenvalue weighted by Gasteiger charge is 2.30. The third kappa shape index (κ3) is 2.67. The van der Waals surface area contributed by atoms with Crippen molar-refractivity contribution in [2.75, 3.05) is 0 Å². The van der Waals surface area contributed by atoms with Crippen LogP contribution < -0.4 is 4.74 Å². The molecule has 2 aromatic carbocycles. The molecular formula is C19H21ClO. The van der Waals surface area contributed by atoms with Gasteiger partial charge in [0.05, 0.1) is 5.38 Å². The maximum absolute atomic E-state index is 6.74. The molecule has 0 amide bonds. The number of alkyl halides is 1. The smallest absolute Gasteiger partial charge is 0.123 e. The number of ether oxygens (including phenoxy) is 1. The fraction of sp³-hybridized carbons (Fsp3) is 0.368. The molecule has 0 aliphatic carbocycles. The SMILES string of the molecule is Cc1cccc(C(Cl)c2ccc3c(c2)CC(C)(C)O3)c1C. The molecule has 0 saturated heterocycles. The van der Waals surface area contributed by atoms with Gasteiger partial charge in [-0.1, -0.05) is 30.3 Å². The molecule has 110 valence electrons.